The second kappa shape index (κ2) is 13.6. The second-order valence-electron chi connectivity index (χ2n) is 12.6. The van der Waals surface area contributed by atoms with Crippen LogP contribution < -0.4 is 9.78 Å². The summed E-state index contributed by atoms with van der Waals surface area (Å²) in [6.45, 7) is 6.94. The van der Waals surface area contributed by atoms with E-state index in [9.17, 15) is 30.0 Å². The molecule has 1 aromatic rings. The Morgan fingerprint density at radius 2 is 1.61 bits per heavy atom. The maximum absolute atomic E-state index is 13.8. The first-order valence-corrected chi connectivity index (χ1v) is 16.9. The van der Waals surface area contributed by atoms with Gasteiger partial charge in [0.2, 0.25) is 0 Å². The average molecular weight is 721 g/mol. The van der Waals surface area contributed by atoms with E-state index >= 15 is 0 Å². The van der Waals surface area contributed by atoms with Crippen LogP contribution in [0.5, 0.6) is 0 Å². The Bertz CT molecular complexity index is 1240. The molecule has 46 heavy (non-hydrogen) atoms. The third kappa shape index (κ3) is 7.01. The van der Waals surface area contributed by atoms with Gasteiger partial charge in [-0.2, -0.15) is 0 Å². The van der Waals surface area contributed by atoms with E-state index in [1.807, 2.05) is 6.07 Å². The molecule has 0 aliphatic carbocycles. The van der Waals surface area contributed by atoms with Crippen LogP contribution in [0.15, 0.2) is 30.3 Å². The van der Waals surface area contributed by atoms with E-state index in [0.717, 1.165) is 11.6 Å². The van der Waals surface area contributed by atoms with Crippen LogP contribution in [0.3, 0.4) is 0 Å². The number of aliphatic hydroxyl groups excluding tert-OH is 4. The zero-order valence-electron chi connectivity index (χ0n) is 26.4. The summed E-state index contributed by atoms with van der Waals surface area (Å²) in [5, 5.41) is 45.5. The van der Waals surface area contributed by atoms with Crippen molar-refractivity contribution in [2.24, 2.45) is 0 Å². The van der Waals surface area contributed by atoms with Gasteiger partial charge < -0.3 is 0 Å². The van der Waals surface area contributed by atoms with Crippen molar-refractivity contribution in [1.82, 2.24) is 5.32 Å². The third-order valence-electron chi connectivity index (χ3n) is 8.19. The molecule has 0 radical (unpaired) electrons. The van der Waals surface area contributed by atoms with Gasteiger partial charge in [-0.15, -0.1) is 0 Å². The van der Waals surface area contributed by atoms with Crippen molar-refractivity contribution in [2.75, 3.05) is 20.3 Å². The molecule has 1 amide bonds. The average Bonchev–Trinajstić information content (AvgIpc) is 3.51. The van der Waals surface area contributed by atoms with E-state index in [0.29, 0.717) is 0 Å². The number of rotatable bonds is 10. The first-order valence-electron chi connectivity index (χ1n) is 15.0. The zero-order valence-corrected chi connectivity index (χ0v) is 28.1. The summed E-state index contributed by atoms with van der Waals surface area (Å²) in [5.74, 6) is -5.99. The fourth-order valence-electron chi connectivity index (χ4n) is 6.27. The molecule has 4 fully saturated rings. The van der Waals surface area contributed by atoms with Crippen LogP contribution >= 0.6 is 0 Å². The van der Waals surface area contributed by atoms with E-state index in [1.54, 1.807) is 52.0 Å². The van der Waals surface area contributed by atoms with E-state index in [1.165, 1.54) is 6.92 Å². The number of nitrogens with one attached hydrogen (secondary N) is 1. The molecular weight excluding hydrogens is 677 g/mol. The number of carbonyl (C=O) groups excluding carboxylic acids is 2. The molecule has 258 valence electrons. The molecule has 16 heteroatoms. The van der Waals surface area contributed by atoms with Crippen molar-refractivity contribution in [1.29, 1.82) is 0 Å². The molecule has 0 spiro atoms. The molecular formula is C30H43NO14Se. The number of amides is 1. The summed E-state index contributed by atoms with van der Waals surface area (Å²) in [6, 6.07) is 7.68. The quantitative estimate of drug-likeness (QED) is 0.132. The van der Waals surface area contributed by atoms with Crippen molar-refractivity contribution in [3.8, 4) is 0 Å². The number of hydrogen-bond acceptors (Lipinski definition) is 14. The molecule has 0 aromatic heterocycles. The maximum atomic E-state index is 13.8. The molecule has 0 bridgehead atoms. The van der Waals surface area contributed by atoms with Crippen LogP contribution in [0.2, 0.25) is 4.82 Å². The molecule has 4 aliphatic heterocycles. The molecule has 5 N–H and O–H groups in total. The van der Waals surface area contributed by atoms with Gasteiger partial charge in [-0.05, 0) is 0 Å². The van der Waals surface area contributed by atoms with Gasteiger partial charge >= 0.3 is 273 Å². The van der Waals surface area contributed by atoms with Crippen LogP contribution in [-0.4, -0.2) is 146 Å². The van der Waals surface area contributed by atoms with Crippen molar-refractivity contribution in [3.63, 3.8) is 0 Å². The van der Waals surface area contributed by atoms with Crippen molar-refractivity contribution < 1.29 is 67.9 Å². The Morgan fingerprint density at radius 3 is 2.24 bits per heavy atom. The van der Waals surface area contributed by atoms with Gasteiger partial charge in [-0.1, -0.05) is 0 Å². The number of methoxy groups -OCH3 is 1. The first-order chi connectivity index (χ1) is 21.6. The summed E-state index contributed by atoms with van der Waals surface area (Å²) in [7, 11) is 1.11. The topological polar surface area (TPSA) is 201 Å². The number of hydrogen-bond donors (Lipinski definition) is 5. The summed E-state index contributed by atoms with van der Waals surface area (Å²) in [5.41, 5.74) is 0. The van der Waals surface area contributed by atoms with Gasteiger partial charge in [0.1, 0.15) is 0 Å². The molecule has 4 aliphatic rings. The predicted octanol–water partition coefficient (Wildman–Crippen LogP) is -1.93. The monoisotopic (exact) mass is 721 g/mol. The Balaban J connectivity index is 1.53. The molecule has 0 unspecified atom stereocenters. The van der Waals surface area contributed by atoms with Gasteiger partial charge in [0.05, 0.1) is 0 Å². The summed E-state index contributed by atoms with van der Waals surface area (Å²) in [4.78, 5) is 24.9. The van der Waals surface area contributed by atoms with Gasteiger partial charge in [0.15, 0.2) is 0 Å². The zero-order chi connectivity index (χ0) is 33.6. The van der Waals surface area contributed by atoms with Crippen molar-refractivity contribution in [2.45, 2.75) is 118 Å². The Kier molecular flexibility index (Phi) is 10.5. The van der Waals surface area contributed by atoms with Crippen LogP contribution in [0.4, 0.5) is 0 Å². The van der Waals surface area contributed by atoms with Crippen LogP contribution in [-0.2, 0) is 47.5 Å². The van der Waals surface area contributed by atoms with Gasteiger partial charge in [0, 0.05) is 0 Å². The molecule has 5 rings (SSSR count). The van der Waals surface area contributed by atoms with Crippen LogP contribution in [0.1, 0.15) is 34.6 Å². The Hall–Kier alpha value is -1.76. The number of benzene rings is 1. The first kappa shape index (κ1) is 35.5. The molecule has 15 nitrogen and oxygen atoms in total. The fraction of sp³-hybridized carbons (Fsp3) is 0.733. The number of esters is 1. The van der Waals surface area contributed by atoms with Crippen molar-refractivity contribution in [3.05, 3.63) is 30.3 Å². The van der Waals surface area contributed by atoms with Crippen LogP contribution in [0, 0.1) is 0 Å². The van der Waals surface area contributed by atoms with E-state index in [4.69, 9.17) is 37.9 Å². The van der Waals surface area contributed by atoms with Gasteiger partial charge in [-0.25, -0.2) is 0 Å². The van der Waals surface area contributed by atoms with Gasteiger partial charge in [0.25, 0.3) is 0 Å². The summed E-state index contributed by atoms with van der Waals surface area (Å²) >= 11 is -0.764. The van der Waals surface area contributed by atoms with Crippen LogP contribution in [0.25, 0.3) is 0 Å². The number of ether oxygens (including phenoxy) is 8. The number of fused-ring (bicyclic) bond motifs is 3. The molecule has 0 saturated carbocycles. The second-order valence-corrected chi connectivity index (χ2v) is 15.1. The third-order valence-corrected chi connectivity index (χ3v) is 11.1. The predicted molar refractivity (Wildman–Crippen MR) is 156 cm³/mol. The molecule has 4 heterocycles. The molecule has 1 aromatic carbocycles. The SMILES string of the molecule is COC(=O)[C@]1(OC[C@H]2O[C@@H]3OC(C)(C)O[C@@H]3[C@H]3OC(C)(C)O[C@H]32)O[C@@H]([C@H](O)[C@H](O)CO)[C@H](NC(C)=O)[C@@H](O)[C@@H]1[Se]c1ccccc1. The fourth-order valence-corrected chi connectivity index (χ4v) is 8.98. The standard InChI is InChI=1S/C30H43NO14Se/c1-14(33)31-18-20(36)25(46-15-10-8-7-9-11-15)30(27(37)38-6,44-22(18)19(35)16(34)12-32)39-13-17-21-23(42-28(2,3)41-21)24-26(40-17)45-29(4,5)43-24/h7-11,16-26,32,34-36H,12-13H2,1-6H3,(H,31,33)/t16-,17-,18-,19-,20-,21+,22-,23+,24-,25+,26-,30-/m1/s1. The number of aliphatic hydroxyl groups is 4. The van der Waals surface area contributed by atoms with E-state index in [-0.39, 0.29) is 6.61 Å². The Labute approximate surface area is 272 Å². The minimum atomic E-state index is -2.39. The summed E-state index contributed by atoms with van der Waals surface area (Å²) in [6.07, 6.45) is -10.6. The Morgan fingerprint density at radius 1 is 0.978 bits per heavy atom. The number of carbonyl (C=O) groups is 2. The van der Waals surface area contributed by atoms with E-state index < -0.39 is 117 Å². The molecule has 12 atom stereocenters. The van der Waals surface area contributed by atoms with E-state index in [2.05, 4.69) is 5.32 Å². The van der Waals surface area contributed by atoms with Crippen molar-refractivity contribution >= 4 is 31.3 Å². The van der Waals surface area contributed by atoms with Gasteiger partial charge in [-0.3, -0.25) is 0 Å². The minimum absolute atomic E-state index is 0.368. The molecule has 4 saturated heterocycles. The summed E-state index contributed by atoms with van der Waals surface area (Å²) < 4.78 is 49.3. The normalized spacial score (nSPS) is 39.1.